The Morgan fingerprint density at radius 2 is 2.00 bits per heavy atom. The topological polar surface area (TPSA) is 85.6 Å². The van der Waals surface area contributed by atoms with Crippen LogP contribution in [0.2, 0.25) is 0 Å². The van der Waals surface area contributed by atoms with E-state index in [1.165, 1.54) is 21.3 Å². The van der Waals surface area contributed by atoms with E-state index in [1.54, 1.807) is 24.5 Å². The first-order valence-corrected chi connectivity index (χ1v) is 13.3. The number of hydrazone groups is 1. The SMILES string of the molecule is Cc1ccc(COc2ccc(/C=N\NC(=O)[C@H](C)n3cnc4sc5c(c4c3=O)CC[C@@H](C)C5)cc2)cc1. The van der Waals surface area contributed by atoms with E-state index in [9.17, 15) is 9.59 Å². The molecule has 37 heavy (non-hydrogen) atoms. The van der Waals surface area contributed by atoms with Gasteiger partial charge in [-0.2, -0.15) is 5.10 Å². The fourth-order valence-electron chi connectivity index (χ4n) is 4.51. The van der Waals surface area contributed by atoms with Gasteiger partial charge in [-0.1, -0.05) is 36.8 Å². The number of hydrogen-bond acceptors (Lipinski definition) is 6. The van der Waals surface area contributed by atoms with Crippen molar-refractivity contribution in [3.63, 3.8) is 0 Å². The largest absolute Gasteiger partial charge is 0.489 e. The Balaban J connectivity index is 1.20. The van der Waals surface area contributed by atoms with Gasteiger partial charge in [-0.15, -0.1) is 11.3 Å². The maximum Gasteiger partial charge on any atom is 0.263 e. The number of amides is 1. The molecule has 1 aliphatic rings. The molecular weight excluding hydrogens is 484 g/mol. The minimum atomic E-state index is -0.739. The standard InChI is InChI=1S/C29H30N4O3S/c1-18-4-7-22(8-5-18)16-36-23-11-9-21(10-12-23)15-31-32-27(34)20(3)33-17-30-28-26(29(33)35)24-13-6-19(2)14-25(24)37-28/h4-5,7-12,15,17,19-20H,6,13-14,16H2,1-3H3,(H,32,34)/b31-15-/t19-,20+/m1/s1. The van der Waals surface area contributed by atoms with Crippen LogP contribution >= 0.6 is 11.3 Å². The Kier molecular flexibility index (Phi) is 7.19. The molecule has 2 atom stereocenters. The van der Waals surface area contributed by atoms with E-state index in [2.05, 4.69) is 53.6 Å². The fraction of sp³-hybridized carbons (Fsp3) is 0.310. The Morgan fingerprint density at radius 1 is 1.24 bits per heavy atom. The number of thiophene rings is 1. The lowest BCUT2D eigenvalue weighted by Crippen LogP contribution is -2.34. The van der Waals surface area contributed by atoms with E-state index in [0.717, 1.165) is 46.5 Å². The van der Waals surface area contributed by atoms with Crippen molar-refractivity contribution in [2.75, 3.05) is 0 Å². The van der Waals surface area contributed by atoms with Crippen molar-refractivity contribution in [1.29, 1.82) is 0 Å². The maximum absolute atomic E-state index is 13.3. The van der Waals surface area contributed by atoms with Crippen LogP contribution in [-0.4, -0.2) is 21.7 Å². The van der Waals surface area contributed by atoms with Crippen LogP contribution in [0.4, 0.5) is 0 Å². The molecule has 0 saturated carbocycles. The molecule has 0 spiro atoms. The van der Waals surface area contributed by atoms with Crippen LogP contribution in [0.1, 0.15) is 53.4 Å². The predicted molar refractivity (Wildman–Crippen MR) is 147 cm³/mol. The second-order valence-electron chi connectivity index (χ2n) is 9.74. The summed E-state index contributed by atoms with van der Waals surface area (Å²) in [5.41, 5.74) is 6.64. The molecule has 0 radical (unpaired) electrons. The Labute approximate surface area is 219 Å². The zero-order valence-corrected chi connectivity index (χ0v) is 22.0. The van der Waals surface area contributed by atoms with Gasteiger partial charge >= 0.3 is 0 Å². The van der Waals surface area contributed by atoms with Gasteiger partial charge in [0, 0.05) is 4.88 Å². The summed E-state index contributed by atoms with van der Waals surface area (Å²) in [5.74, 6) is 0.991. The molecule has 0 saturated heterocycles. The number of benzene rings is 2. The molecule has 7 nitrogen and oxygen atoms in total. The van der Waals surface area contributed by atoms with E-state index in [1.807, 2.05) is 24.3 Å². The number of nitrogens with one attached hydrogen (secondary N) is 1. The highest BCUT2D eigenvalue weighted by Gasteiger charge is 2.25. The van der Waals surface area contributed by atoms with E-state index >= 15 is 0 Å². The number of carbonyl (C=O) groups is 1. The number of rotatable bonds is 7. The molecule has 2 heterocycles. The van der Waals surface area contributed by atoms with Crippen LogP contribution in [-0.2, 0) is 24.2 Å². The zero-order valence-electron chi connectivity index (χ0n) is 21.2. The van der Waals surface area contributed by atoms with Gasteiger partial charge in [0.2, 0.25) is 0 Å². The van der Waals surface area contributed by atoms with E-state index in [4.69, 9.17) is 4.74 Å². The quantitative estimate of drug-likeness (QED) is 0.272. The molecule has 5 rings (SSSR count). The predicted octanol–water partition coefficient (Wildman–Crippen LogP) is 5.18. The van der Waals surface area contributed by atoms with Crippen LogP contribution in [0.3, 0.4) is 0 Å². The van der Waals surface area contributed by atoms with E-state index in [0.29, 0.717) is 17.9 Å². The molecule has 0 aliphatic heterocycles. The van der Waals surface area contributed by atoms with Crippen molar-refractivity contribution in [2.45, 2.75) is 52.7 Å². The average Bonchev–Trinajstić information content (AvgIpc) is 3.27. The lowest BCUT2D eigenvalue weighted by molar-refractivity contribution is -0.123. The number of fused-ring (bicyclic) bond motifs is 3. The van der Waals surface area contributed by atoms with Crippen molar-refractivity contribution < 1.29 is 9.53 Å². The first-order chi connectivity index (χ1) is 17.9. The minimum Gasteiger partial charge on any atom is -0.489 e. The summed E-state index contributed by atoms with van der Waals surface area (Å²) in [4.78, 5) is 32.5. The number of carbonyl (C=O) groups excluding carboxylic acids is 1. The first kappa shape index (κ1) is 24.9. The van der Waals surface area contributed by atoms with E-state index < -0.39 is 6.04 Å². The van der Waals surface area contributed by atoms with Gasteiger partial charge in [0.1, 0.15) is 23.2 Å². The molecule has 0 fully saturated rings. The van der Waals surface area contributed by atoms with Crippen molar-refractivity contribution in [1.82, 2.24) is 15.0 Å². The minimum absolute atomic E-state index is 0.162. The molecule has 1 N–H and O–H groups in total. The number of aryl methyl sites for hydroxylation is 2. The molecule has 1 amide bonds. The van der Waals surface area contributed by atoms with Gasteiger partial charge in [-0.3, -0.25) is 14.2 Å². The van der Waals surface area contributed by atoms with Gasteiger partial charge in [0.25, 0.3) is 11.5 Å². The molecule has 4 aromatic rings. The van der Waals surface area contributed by atoms with Crippen LogP contribution in [0.15, 0.2) is 64.8 Å². The molecule has 2 aromatic carbocycles. The lowest BCUT2D eigenvalue weighted by Gasteiger charge is -2.18. The monoisotopic (exact) mass is 514 g/mol. The lowest BCUT2D eigenvalue weighted by atomic mass is 9.89. The van der Waals surface area contributed by atoms with Gasteiger partial charge in [0.05, 0.1) is 17.9 Å². The molecular formula is C29H30N4O3S. The third kappa shape index (κ3) is 5.49. The van der Waals surface area contributed by atoms with Crippen molar-refractivity contribution in [3.8, 4) is 5.75 Å². The molecule has 190 valence electrons. The summed E-state index contributed by atoms with van der Waals surface area (Å²) in [5, 5.41) is 4.75. The molecule has 0 bridgehead atoms. The zero-order chi connectivity index (χ0) is 25.9. The van der Waals surface area contributed by atoms with Crippen LogP contribution in [0, 0.1) is 12.8 Å². The average molecular weight is 515 g/mol. The number of nitrogens with zero attached hydrogens (tertiary/aromatic N) is 3. The summed E-state index contributed by atoms with van der Waals surface area (Å²) < 4.78 is 7.24. The highest BCUT2D eigenvalue weighted by molar-refractivity contribution is 7.18. The van der Waals surface area contributed by atoms with Gasteiger partial charge in [-0.05, 0) is 80.0 Å². The fourth-order valence-corrected chi connectivity index (χ4v) is 5.85. The van der Waals surface area contributed by atoms with Gasteiger partial charge in [-0.25, -0.2) is 10.4 Å². The first-order valence-electron chi connectivity index (χ1n) is 12.5. The Morgan fingerprint density at radius 3 is 2.76 bits per heavy atom. The van der Waals surface area contributed by atoms with Gasteiger partial charge in [0.15, 0.2) is 0 Å². The second-order valence-corrected chi connectivity index (χ2v) is 10.8. The summed E-state index contributed by atoms with van der Waals surface area (Å²) in [6, 6.07) is 15.0. The molecule has 1 aliphatic carbocycles. The van der Waals surface area contributed by atoms with Crippen LogP contribution < -0.4 is 15.7 Å². The Bertz CT molecular complexity index is 1500. The van der Waals surface area contributed by atoms with Crippen LogP contribution in [0.25, 0.3) is 10.2 Å². The third-order valence-corrected chi connectivity index (χ3v) is 7.99. The molecule has 2 aromatic heterocycles. The van der Waals surface area contributed by atoms with E-state index in [-0.39, 0.29) is 11.5 Å². The summed E-state index contributed by atoms with van der Waals surface area (Å²) in [6.07, 6.45) is 5.98. The molecule has 8 heteroatoms. The summed E-state index contributed by atoms with van der Waals surface area (Å²) >= 11 is 1.60. The highest BCUT2D eigenvalue weighted by atomic mass is 32.1. The van der Waals surface area contributed by atoms with Crippen molar-refractivity contribution in [3.05, 3.63) is 92.3 Å². The maximum atomic E-state index is 13.3. The summed E-state index contributed by atoms with van der Waals surface area (Å²) in [6.45, 7) is 6.47. The third-order valence-electron chi connectivity index (χ3n) is 6.83. The van der Waals surface area contributed by atoms with Crippen LogP contribution in [0.5, 0.6) is 5.75 Å². The smallest absolute Gasteiger partial charge is 0.263 e. The van der Waals surface area contributed by atoms with Crippen molar-refractivity contribution in [2.24, 2.45) is 11.0 Å². The Hall–Kier alpha value is -3.78. The normalized spacial score (nSPS) is 16.0. The second kappa shape index (κ2) is 10.7. The molecule has 0 unspecified atom stereocenters. The van der Waals surface area contributed by atoms with Crippen molar-refractivity contribution >= 4 is 33.7 Å². The number of hydrogen-bond donors (Lipinski definition) is 1. The van der Waals surface area contributed by atoms with Gasteiger partial charge < -0.3 is 4.74 Å². The number of aromatic nitrogens is 2. The number of ether oxygens (including phenoxy) is 1. The summed E-state index contributed by atoms with van der Waals surface area (Å²) in [7, 11) is 0. The highest BCUT2D eigenvalue weighted by Crippen LogP contribution is 2.35.